The summed E-state index contributed by atoms with van der Waals surface area (Å²) < 4.78 is 41.3. The highest BCUT2D eigenvalue weighted by Crippen LogP contribution is 2.19. The predicted octanol–water partition coefficient (Wildman–Crippen LogP) is 3.12. The molecule has 2 heterocycles. The molecule has 3 rings (SSSR count). The van der Waals surface area contributed by atoms with Crippen LogP contribution >= 0.6 is 0 Å². The fraction of sp³-hybridized carbons (Fsp3) is 0.158. The molecule has 0 saturated carbocycles. The zero-order chi connectivity index (χ0) is 20.4. The second kappa shape index (κ2) is 7.52. The van der Waals surface area contributed by atoms with Crippen molar-refractivity contribution in [3.63, 3.8) is 0 Å². The number of nitriles is 1. The van der Waals surface area contributed by atoms with E-state index >= 15 is 0 Å². The SMILES string of the molecule is C[C@@H](NC(=O)Cc1cc2c(F)c(F)ccc2[nH]c1=O)c1ncc(C#N)cc1F.[HH].[HH]. The van der Waals surface area contributed by atoms with Gasteiger partial charge in [-0.1, -0.05) is 0 Å². The third-order valence-electron chi connectivity index (χ3n) is 4.13. The van der Waals surface area contributed by atoms with Crippen LogP contribution in [0.1, 0.15) is 32.6 Å². The summed E-state index contributed by atoms with van der Waals surface area (Å²) in [5, 5.41) is 11.1. The molecule has 0 aliphatic rings. The van der Waals surface area contributed by atoms with E-state index in [1.807, 2.05) is 0 Å². The summed E-state index contributed by atoms with van der Waals surface area (Å²) in [5.41, 5.74) is -0.631. The molecule has 2 aromatic heterocycles. The molecule has 3 aromatic rings. The summed E-state index contributed by atoms with van der Waals surface area (Å²) in [6.45, 7) is 1.48. The number of fused-ring (bicyclic) bond motifs is 1. The summed E-state index contributed by atoms with van der Waals surface area (Å²) >= 11 is 0. The van der Waals surface area contributed by atoms with E-state index < -0.39 is 41.4 Å². The maximum Gasteiger partial charge on any atom is 0.252 e. The zero-order valence-corrected chi connectivity index (χ0v) is 14.5. The summed E-state index contributed by atoms with van der Waals surface area (Å²) in [5.74, 6) is -3.61. The molecule has 1 aromatic carbocycles. The number of carbonyl (C=O) groups excluding carboxylic acids is 1. The van der Waals surface area contributed by atoms with Gasteiger partial charge in [0, 0.05) is 20.0 Å². The van der Waals surface area contributed by atoms with E-state index in [2.05, 4.69) is 15.3 Å². The Morgan fingerprint density at radius 1 is 1.32 bits per heavy atom. The molecular weight excluding hydrogens is 373 g/mol. The van der Waals surface area contributed by atoms with Gasteiger partial charge in [0.15, 0.2) is 11.6 Å². The van der Waals surface area contributed by atoms with Gasteiger partial charge in [0.25, 0.3) is 5.56 Å². The summed E-state index contributed by atoms with van der Waals surface area (Å²) in [7, 11) is 0. The van der Waals surface area contributed by atoms with Gasteiger partial charge in [-0.25, -0.2) is 13.2 Å². The van der Waals surface area contributed by atoms with Crippen molar-refractivity contribution in [3.8, 4) is 6.07 Å². The number of carbonyl (C=O) groups is 1. The molecule has 6 nitrogen and oxygen atoms in total. The number of pyridine rings is 2. The predicted molar refractivity (Wildman–Crippen MR) is 97.9 cm³/mol. The molecule has 1 atom stereocenters. The molecule has 2 N–H and O–H groups in total. The Morgan fingerprint density at radius 2 is 2.07 bits per heavy atom. The summed E-state index contributed by atoms with van der Waals surface area (Å²) in [6, 6.07) is 5.13. The molecule has 0 radical (unpaired) electrons. The van der Waals surface area contributed by atoms with Gasteiger partial charge >= 0.3 is 0 Å². The minimum atomic E-state index is -1.13. The van der Waals surface area contributed by atoms with E-state index in [9.17, 15) is 22.8 Å². The smallest absolute Gasteiger partial charge is 0.252 e. The van der Waals surface area contributed by atoms with Gasteiger partial charge in [0.1, 0.15) is 11.9 Å². The van der Waals surface area contributed by atoms with Crippen LogP contribution in [0.3, 0.4) is 0 Å². The first-order chi connectivity index (χ1) is 13.3. The lowest BCUT2D eigenvalue weighted by atomic mass is 10.1. The zero-order valence-electron chi connectivity index (χ0n) is 14.5. The third kappa shape index (κ3) is 3.71. The second-order valence-corrected chi connectivity index (χ2v) is 6.12. The van der Waals surface area contributed by atoms with Crippen LogP contribution in [-0.2, 0) is 11.2 Å². The van der Waals surface area contributed by atoms with Gasteiger partial charge in [-0.3, -0.25) is 14.6 Å². The molecule has 0 saturated heterocycles. The number of hydrogen-bond donors (Lipinski definition) is 2. The molecule has 0 fully saturated rings. The lowest BCUT2D eigenvalue weighted by molar-refractivity contribution is -0.121. The van der Waals surface area contributed by atoms with Crippen molar-refractivity contribution in [2.75, 3.05) is 0 Å². The lowest BCUT2D eigenvalue weighted by Gasteiger charge is -2.14. The van der Waals surface area contributed by atoms with Crippen LogP contribution in [0.25, 0.3) is 10.9 Å². The van der Waals surface area contributed by atoms with E-state index in [4.69, 9.17) is 5.26 Å². The minimum absolute atomic E-state index is 0. The number of nitrogens with one attached hydrogen (secondary N) is 2. The molecule has 1 amide bonds. The highest BCUT2D eigenvalue weighted by atomic mass is 19.2. The fourth-order valence-electron chi connectivity index (χ4n) is 2.75. The Kier molecular flexibility index (Phi) is 5.13. The standard InChI is InChI=1S/C19H13F3N4O2.2H2/c1-9(18-14(21)4-10(7-23)8-24-18)25-16(27)6-11-5-12-15(26-19(11)28)3-2-13(20)17(12)22;;/h2-5,8-9H,6H2,1H3,(H,25,27)(H,26,28);2*1H/t9-;;/m1../s1. The maximum absolute atomic E-state index is 14.0. The highest BCUT2D eigenvalue weighted by Gasteiger charge is 2.18. The summed E-state index contributed by atoms with van der Waals surface area (Å²) in [4.78, 5) is 30.5. The monoisotopic (exact) mass is 390 g/mol. The number of aromatic amines is 1. The van der Waals surface area contributed by atoms with Crippen molar-refractivity contribution < 1.29 is 20.8 Å². The number of hydrogen-bond acceptors (Lipinski definition) is 4. The Hall–Kier alpha value is -3.67. The molecular formula is C19H17F3N4O2. The van der Waals surface area contributed by atoms with E-state index in [-0.39, 0.29) is 30.6 Å². The Morgan fingerprint density at radius 3 is 2.75 bits per heavy atom. The van der Waals surface area contributed by atoms with Gasteiger partial charge in [0.2, 0.25) is 5.91 Å². The van der Waals surface area contributed by atoms with Crippen molar-refractivity contribution >= 4 is 16.8 Å². The van der Waals surface area contributed by atoms with Crippen molar-refractivity contribution in [2.24, 2.45) is 0 Å². The van der Waals surface area contributed by atoms with Gasteiger partial charge in [-0.15, -0.1) is 0 Å². The Bertz CT molecular complexity index is 1190. The van der Waals surface area contributed by atoms with Gasteiger partial charge in [-0.2, -0.15) is 5.26 Å². The van der Waals surface area contributed by atoms with Crippen LogP contribution in [0.5, 0.6) is 0 Å². The number of benzene rings is 1. The minimum Gasteiger partial charge on any atom is -0.348 e. The third-order valence-corrected chi connectivity index (χ3v) is 4.13. The first kappa shape index (κ1) is 19.1. The highest BCUT2D eigenvalue weighted by molar-refractivity contribution is 5.83. The molecule has 146 valence electrons. The number of amides is 1. The van der Waals surface area contributed by atoms with Crippen LogP contribution in [0.2, 0.25) is 0 Å². The van der Waals surface area contributed by atoms with E-state index in [1.54, 1.807) is 6.07 Å². The number of rotatable bonds is 4. The number of aromatic nitrogens is 2. The number of nitrogens with zero attached hydrogens (tertiary/aromatic N) is 2. The average Bonchev–Trinajstić information content (AvgIpc) is 2.65. The van der Waals surface area contributed by atoms with Crippen molar-refractivity contribution in [3.05, 3.63) is 75.1 Å². The van der Waals surface area contributed by atoms with E-state index in [0.717, 1.165) is 18.2 Å². The lowest BCUT2D eigenvalue weighted by Crippen LogP contribution is -2.31. The van der Waals surface area contributed by atoms with Crippen LogP contribution in [-0.4, -0.2) is 15.9 Å². The number of H-pyrrole nitrogens is 1. The number of halogens is 3. The molecule has 0 unspecified atom stereocenters. The van der Waals surface area contributed by atoms with Gasteiger partial charge < -0.3 is 10.3 Å². The molecule has 0 bridgehead atoms. The Labute approximate surface area is 159 Å². The van der Waals surface area contributed by atoms with Crippen LogP contribution in [0, 0.1) is 28.8 Å². The van der Waals surface area contributed by atoms with E-state index in [1.165, 1.54) is 19.2 Å². The summed E-state index contributed by atoms with van der Waals surface area (Å²) in [6.07, 6.45) is 0.746. The maximum atomic E-state index is 14.0. The molecule has 9 heteroatoms. The van der Waals surface area contributed by atoms with Crippen molar-refractivity contribution in [1.82, 2.24) is 15.3 Å². The first-order valence-electron chi connectivity index (χ1n) is 8.15. The van der Waals surface area contributed by atoms with Crippen LogP contribution < -0.4 is 10.9 Å². The molecule has 0 spiro atoms. The van der Waals surface area contributed by atoms with Crippen LogP contribution in [0.15, 0.2) is 35.3 Å². The molecule has 28 heavy (non-hydrogen) atoms. The van der Waals surface area contributed by atoms with Crippen molar-refractivity contribution in [1.29, 1.82) is 5.26 Å². The quantitative estimate of drug-likeness (QED) is 0.715. The topological polar surface area (TPSA) is 98.6 Å². The molecule has 0 aliphatic heterocycles. The van der Waals surface area contributed by atoms with Gasteiger partial charge in [-0.05, 0) is 31.2 Å². The normalized spacial score (nSPS) is 11.8. The average molecular weight is 390 g/mol. The fourth-order valence-corrected chi connectivity index (χ4v) is 2.75. The Balaban J connectivity index is 0.00000225. The van der Waals surface area contributed by atoms with Crippen molar-refractivity contribution in [2.45, 2.75) is 19.4 Å². The molecule has 0 aliphatic carbocycles. The van der Waals surface area contributed by atoms with E-state index in [0.29, 0.717) is 0 Å². The van der Waals surface area contributed by atoms with Gasteiger partial charge in [0.05, 0.1) is 29.2 Å². The van der Waals surface area contributed by atoms with Crippen LogP contribution in [0.4, 0.5) is 13.2 Å². The largest absolute Gasteiger partial charge is 0.348 e. The second-order valence-electron chi connectivity index (χ2n) is 6.12. The first-order valence-corrected chi connectivity index (χ1v) is 8.15.